The monoisotopic (exact) mass is 500 g/mol. The lowest BCUT2D eigenvalue weighted by Crippen LogP contribution is -2.35. The average Bonchev–Trinajstić information content (AvgIpc) is 2.82. The number of allylic oxidation sites excluding steroid dienone is 1. The summed E-state index contributed by atoms with van der Waals surface area (Å²) in [4.78, 5) is 29.5. The minimum atomic E-state index is -1.18. The van der Waals surface area contributed by atoms with Gasteiger partial charge in [-0.05, 0) is 52.0 Å². The van der Waals surface area contributed by atoms with Gasteiger partial charge < -0.3 is 19.7 Å². The lowest BCUT2D eigenvalue weighted by molar-refractivity contribution is 0.0682. The van der Waals surface area contributed by atoms with Crippen LogP contribution in [0, 0.1) is 12.7 Å². The van der Waals surface area contributed by atoms with Gasteiger partial charge in [-0.3, -0.25) is 4.79 Å². The van der Waals surface area contributed by atoms with Crippen LogP contribution >= 0.6 is 11.6 Å². The van der Waals surface area contributed by atoms with Crippen molar-refractivity contribution >= 4 is 11.6 Å². The van der Waals surface area contributed by atoms with E-state index in [1.165, 1.54) is 6.33 Å². The Labute approximate surface area is 206 Å². The van der Waals surface area contributed by atoms with Crippen molar-refractivity contribution in [3.63, 3.8) is 0 Å². The summed E-state index contributed by atoms with van der Waals surface area (Å²) in [5.41, 5.74) is 0.749. The predicted octanol–water partition coefficient (Wildman–Crippen LogP) is 3.52. The second-order valence-electron chi connectivity index (χ2n) is 8.97. The van der Waals surface area contributed by atoms with Crippen molar-refractivity contribution in [1.29, 1.82) is 0 Å². The highest BCUT2D eigenvalue weighted by Crippen LogP contribution is 2.34. The van der Waals surface area contributed by atoms with Gasteiger partial charge in [0, 0.05) is 18.0 Å². The number of aliphatic hydroxyl groups is 1. The number of halogens is 2. The summed E-state index contributed by atoms with van der Waals surface area (Å²) in [5.74, 6) is -0.133. The number of nitrogens with zero attached hydrogens (tertiary/aromatic N) is 5. The SMILES string of the molecule is CC1=CN[C@@H](c2ccnc(C(C)(C)O)n2)C[C@H]1n1c(C)cc(OCc2ncncc2F)c(Cl)c1=O. The number of pyridine rings is 1. The maximum atomic E-state index is 13.8. The molecule has 3 aromatic heterocycles. The van der Waals surface area contributed by atoms with E-state index in [0.29, 0.717) is 23.6 Å². The number of hydrogen-bond acceptors (Lipinski definition) is 8. The summed E-state index contributed by atoms with van der Waals surface area (Å²) in [7, 11) is 0. The third-order valence-corrected chi connectivity index (χ3v) is 6.19. The molecule has 1 aliphatic rings. The first-order valence-corrected chi connectivity index (χ1v) is 11.4. The van der Waals surface area contributed by atoms with Crippen molar-refractivity contribution in [2.45, 2.75) is 58.4 Å². The first kappa shape index (κ1) is 24.7. The molecule has 0 bridgehead atoms. The number of hydrogen-bond donors (Lipinski definition) is 2. The van der Waals surface area contributed by atoms with Crippen LogP contribution in [-0.4, -0.2) is 29.6 Å². The molecule has 0 radical (unpaired) electrons. The smallest absolute Gasteiger partial charge is 0.273 e. The zero-order chi connectivity index (χ0) is 25.3. The van der Waals surface area contributed by atoms with E-state index >= 15 is 0 Å². The topological polar surface area (TPSA) is 115 Å². The fourth-order valence-electron chi connectivity index (χ4n) is 3.96. The van der Waals surface area contributed by atoms with Crippen molar-refractivity contribution in [1.82, 2.24) is 29.8 Å². The van der Waals surface area contributed by atoms with Gasteiger partial charge in [-0.1, -0.05) is 11.6 Å². The van der Waals surface area contributed by atoms with Crippen molar-refractivity contribution < 1.29 is 14.2 Å². The molecule has 0 unspecified atom stereocenters. The quantitative estimate of drug-likeness (QED) is 0.528. The number of rotatable bonds is 6. The van der Waals surface area contributed by atoms with Gasteiger partial charge in [0.1, 0.15) is 35.0 Å². The van der Waals surface area contributed by atoms with Crippen LogP contribution in [0.3, 0.4) is 0 Å². The minimum absolute atomic E-state index is 0.0631. The van der Waals surface area contributed by atoms with Gasteiger partial charge in [-0.15, -0.1) is 0 Å². The number of ether oxygens (including phenoxy) is 1. The average molecular weight is 501 g/mol. The molecule has 2 atom stereocenters. The molecule has 4 rings (SSSR count). The highest BCUT2D eigenvalue weighted by atomic mass is 35.5. The molecule has 0 aliphatic carbocycles. The van der Waals surface area contributed by atoms with Crippen molar-refractivity contribution in [2.24, 2.45) is 0 Å². The molecule has 35 heavy (non-hydrogen) atoms. The van der Waals surface area contributed by atoms with E-state index in [1.807, 2.05) is 13.1 Å². The van der Waals surface area contributed by atoms with Crippen LogP contribution in [0.25, 0.3) is 0 Å². The Balaban J connectivity index is 1.62. The van der Waals surface area contributed by atoms with E-state index < -0.39 is 17.0 Å². The van der Waals surface area contributed by atoms with Crippen LogP contribution in [0.2, 0.25) is 5.02 Å². The van der Waals surface area contributed by atoms with Crippen molar-refractivity contribution in [3.05, 3.63) is 86.7 Å². The molecule has 2 N–H and O–H groups in total. The van der Waals surface area contributed by atoms with E-state index in [0.717, 1.165) is 11.8 Å². The highest BCUT2D eigenvalue weighted by molar-refractivity contribution is 6.31. The van der Waals surface area contributed by atoms with Crippen molar-refractivity contribution in [3.8, 4) is 5.75 Å². The van der Waals surface area contributed by atoms with Crippen LogP contribution in [-0.2, 0) is 12.2 Å². The van der Waals surface area contributed by atoms with Crippen LogP contribution in [0.5, 0.6) is 5.75 Å². The number of aromatic nitrogens is 5. The molecule has 0 amide bonds. The normalized spacial score (nSPS) is 18.1. The molecular weight excluding hydrogens is 475 g/mol. The summed E-state index contributed by atoms with van der Waals surface area (Å²) in [6.07, 6.45) is 6.25. The van der Waals surface area contributed by atoms with E-state index in [-0.39, 0.29) is 35.2 Å². The Morgan fingerprint density at radius 1 is 1.34 bits per heavy atom. The van der Waals surface area contributed by atoms with E-state index in [9.17, 15) is 14.3 Å². The van der Waals surface area contributed by atoms with Gasteiger partial charge in [-0.2, -0.15) is 0 Å². The van der Waals surface area contributed by atoms with E-state index in [4.69, 9.17) is 16.3 Å². The van der Waals surface area contributed by atoms with Gasteiger partial charge in [0.15, 0.2) is 11.6 Å². The summed E-state index contributed by atoms with van der Waals surface area (Å²) in [5, 5.41) is 13.5. The lowest BCUT2D eigenvalue weighted by Gasteiger charge is -2.32. The Hall–Kier alpha value is -3.37. The van der Waals surface area contributed by atoms with E-state index in [2.05, 4.69) is 25.3 Å². The molecule has 1 aliphatic heterocycles. The second kappa shape index (κ2) is 9.71. The zero-order valence-electron chi connectivity index (χ0n) is 19.8. The first-order valence-electron chi connectivity index (χ1n) is 11.0. The van der Waals surface area contributed by atoms with Crippen LogP contribution < -0.4 is 15.6 Å². The molecular formula is C24H26ClFN6O3. The van der Waals surface area contributed by atoms with E-state index in [1.54, 1.807) is 43.7 Å². The molecule has 3 aromatic rings. The third kappa shape index (κ3) is 5.18. The largest absolute Gasteiger partial charge is 0.485 e. The fraction of sp³-hybridized carbons (Fsp3) is 0.375. The number of aryl methyl sites for hydroxylation is 1. The highest BCUT2D eigenvalue weighted by Gasteiger charge is 2.29. The summed E-state index contributed by atoms with van der Waals surface area (Å²) >= 11 is 6.40. The van der Waals surface area contributed by atoms with Gasteiger partial charge in [0.2, 0.25) is 0 Å². The fourth-order valence-corrected chi connectivity index (χ4v) is 4.16. The second-order valence-corrected chi connectivity index (χ2v) is 9.35. The lowest BCUT2D eigenvalue weighted by atomic mass is 9.94. The summed E-state index contributed by atoms with van der Waals surface area (Å²) in [6, 6.07) is 2.93. The molecule has 9 nitrogen and oxygen atoms in total. The van der Waals surface area contributed by atoms with Gasteiger partial charge in [0.25, 0.3) is 5.56 Å². The first-order chi connectivity index (χ1) is 16.6. The Kier molecular flexibility index (Phi) is 6.86. The van der Waals surface area contributed by atoms with Crippen LogP contribution in [0.15, 0.2) is 47.4 Å². The van der Waals surface area contributed by atoms with Crippen LogP contribution in [0.4, 0.5) is 4.39 Å². The van der Waals surface area contributed by atoms with Gasteiger partial charge >= 0.3 is 0 Å². The predicted molar refractivity (Wildman–Crippen MR) is 127 cm³/mol. The Bertz CT molecular complexity index is 1340. The molecule has 184 valence electrons. The molecule has 0 saturated heterocycles. The standard InChI is InChI=1S/C24H26ClFN6O3/c1-13-9-29-17(16-5-6-28-23(31-16)24(3,4)34)8-19(13)32-14(2)7-20(21(25)22(32)33)35-11-18-15(26)10-27-12-30-18/h5-7,9-10,12,17,19,29,34H,8,11H2,1-4H3/t17-,19-/m1/s1. The third-order valence-electron chi connectivity index (χ3n) is 5.84. The van der Waals surface area contributed by atoms with Crippen LogP contribution in [0.1, 0.15) is 62.2 Å². The Morgan fingerprint density at radius 2 is 2.11 bits per heavy atom. The molecule has 0 fully saturated rings. The number of nitrogens with one attached hydrogen (secondary N) is 1. The Morgan fingerprint density at radius 3 is 2.83 bits per heavy atom. The summed E-state index contributed by atoms with van der Waals surface area (Å²) < 4.78 is 21.1. The van der Waals surface area contributed by atoms with Crippen molar-refractivity contribution in [2.75, 3.05) is 0 Å². The molecule has 4 heterocycles. The molecule has 0 aromatic carbocycles. The zero-order valence-corrected chi connectivity index (χ0v) is 20.5. The maximum absolute atomic E-state index is 13.8. The molecule has 0 spiro atoms. The van der Waals surface area contributed by atoms with Gasteiger partial charge in [0.05, 0.1) is 24.0 Å². The maximum Gasteiger partial charge on any atom is 0.273 e. The minimum Gasteiger partial charge on any atom is -0.485 e. The summed E-state index contributed by atoms with van der Waals surface area (Å²) in [6.45, 7) is 6.78. The van der Waals surface area contributed by atoms with Gasteiger partial charge in [-0.25, -0.2) is 24.3 Å². The molecule has 0 saturated carbocycles. The molecule has 11 heteroatoms.